The van der Waals surface area contributed by atoms with Crippen molar-refractivity contribution in [2.24, 2.45) is 0 Å². The van der Waals surface area contributed by atoms with Gasteiger partial charge in [0.05, 0.1) is 18.8 Å². The van der Waals surface area contributed by atoms with Crippen LogP contribution in [0.4, 0.5) is 0 Å². The lowest BCUT2D eigenvalue weighted by Crippen LogP contribution is -2.45. The summed E-state index contributed by atoms with van der Waals surface area (Å²) in [6.45, 7) is 4.24. The molecular weight excluding hydrogens is 542 g/mol. The average Bonchev–Trinajstić information content (AvgIpc) is 3.03. The van der Waals surface area contributed by atoms with Gasteiger partial charge in [-0.2, -0.15) is 0 Å². The van der Waals surface area contributed by atoms with E-state index in [0.29, 0.717) is 12.8 Å². The van der Waals surface area contributed by atoms with Crippen LogP contribution in [0.3, 0.4) is 0 Å². The summed E-state index contributed by atoms with van der Waals surface area (Å²) in [6.07, 6.45) is 46.3. The van der Waals surface area contributed by atoms with Gasteiger partial charge in [-0.1, -0.05) is 179 Å². The highest BCUT2D eigenvalue weighted by Crippen LogP contribution is 2.15. The molecule has 0 aliphatic heterocycles. The first kappa shape index (κ1) is 42.6. The molecule has 0 aromatic carbocycles. The summed E-state index contributed by atoms with van der Waals surface area (Å²) >= 11 is 0. The largest absolute Gasteiger partial charge is 0.394 e. The van der Waals surface area contributed by atoms with Gasteiger partial charge in [0.25, 0.3) is 0 Å². The molecule has 0 fully saturated rings. The summed E-state index contributed by atoms with van der Waals surface area (Å²) in [5, 5.41) is 23.1. The molecule has 0 rings (SSSR count). The number of carbonyl (C=O) groups is 1. The number of aliphatic hydroxyl groups is 2. The SMILES string of the molecule is CC/C=C\C/C=C\C/C=C\CCCCCCCCCC(=O)NC(CO)C(O)CCCCCCCCCCCCCCCCC. The third kappa shape index (κ3) is 32.0. The van der Waals surface area contributed by atoms with Gasteiger partial charge in [-0.15, -0.1) is 0 Å². The Morgan fingerprint density at radius 2 is 1.00 bits per heavy atom. The van der Waals surface area contributed by atoms with E-state index in [2.05, 4.69) is 55.6 Å². The summed E-state index contributed by atoms with van der Waals surface area (Å²) in [5.74, 6) is -0.0429. The van der Waals surface area contributed by atoms with E-state index in [9.17, 15) is 15.0 Å². The third-order valence-corrected chi connectivity index (χ3v) is 8.67. The van der Waals surface area contributed by atoms with Crippen molar-refractivity contribution in [3.05, 3.63) is 36.5 Å². The number of hydrogen-bond acceptors (Lipinski definition) is 3. The topological polar surface area (TPSA) is 69.6 Å². The van der Waals surface area contributed by atoms with Gasteiger partial charge in [0.1, 0.15) is 0 Å². The lowest BCUT2D eigenvalue weighted by Gasteiger charge is -2.22. The Morgan fingerprint density at radius 3 is 1.50 bits per heavy atom. The number of unbranched alkanes of at least 4 members (excludes halogenated alkanes) is 21. The summed E-state index contributed by atoms with van der Waals surface area (Å²) in [6, 6.07) is -0.540. The predicted molar refractivity (Wildman–Crippen MR) is 193 cm³/mol. The standard InChI is InChI=1S/C40H75NO3/c1-3-5-7-9-11-13-15-17-19-20-22-24-26-28-30-32-34-36-40(44)41-38(37-42)39(43)35-33-31-29-27-25-23-21-18-16-14-12-10-8-6-4-2/h5,7,11,13,17,19,38-39,42-43H,3-4,6,8-10,12,14-16,18,20-37H2,1-2H3,(H,41,44)/b7-5-,13-11-,19-17-. The van der Waals surface area contributed by atoms with E-state index in [-0.39, 0.29) is 12.5 Å². The summed E-state index contributed by atoms with van der Waals surface area (Å²) < 4.78 is 0. The van der Waals surface area contributed by atoms with Crippen LogP contribution in [-0.4, -0.2) is 34.9 Å². The van der Waals surface area contributed by atoms with Gasteiger partial charge in [-0.05, 0) is 44.9 Å². The van der Waals surface area contributed by atoms with Crippen LogP contribution in [-0.2, 0) is 4.79 Å². The lowest BCUT2D eigenvalue weighted by atomic mass is 10.0. The van der Waals surface area contributed by atoms with Gasteiger partial charge in [-0.3, -0.25) is 4.79 Å². The van der Waals surface area contributed by atoms with Crippen LogP contribution in [0.25, 0.3) is 0 Å². The zero-order valence-corrected chi connectivity index (χ0v) is 29.4. The van der Waals surface area contributed by atoms with E-state index in [1.807, 2.05) is 0 Å². The van der Waals surface area contributed by atoms with E-state index >= 15 is 0 Å². The van der Waals surface area contributed by atoms with Gasteiger partial charge in [0.2, 0.25) is 5.91 Å². The van der Waals surface area contributed by atoms with Crippen molar-refractivity contribution in [1.82, 2.24) is 5.32 Å². The smallest absolute Gasteiger partial charge is 0.220 e. The second-order valence-corrected chi connectivity index (χ2v) is 13.0. The highest BCUT2D eigenvalue weighted by atomic mass is 16.3. The highest BCUT2D eigenvalue weighted by molar-refractivity contribution is 5.76. The molecular formula is C40H75NO3. The number of rotatable bonds is 34. The first-order valence-electron chi connectivity index (χ1n) is 19.2. The molecule has 0 bridgehead atoms. The molecule has 3 N–H and O–H groups in total. The Bertz CT molecular complexity index is 672. The molecule has 2 atom stereocenters. The second-order valence-electron chi connectivity index (χ2n) is 13.0. The minimum absolute atomic E-state index is 0.0429. The molecule has 4 heteroatoms. The van der Waals surface area contributed by atoms with Crippen LogP contribution in [0.1, 0.15) is 194 Å². The molecule has 0 radical (unpaired) electrons. The van der Waals surface area contributed by atoms with Crippen LogP contribution in [0.15, 0.2) is 36.5 Å². The Morgan fingerprint density at radius 1 is 0.568 bits per heavy atom. The quantitative estimate of drug-likeness (QED) is 0.0497. The number of nitrogens with one attached hydrogen (secondary N) is 1. The van der Waals surface area contributed by atoms with Crippen LogP contribution in [0.5, 0.6) is 0 Å². The van der Waals surface area contributed by atoms with Gasteiger partial charge in [0.15, 0.2) is 0 Å². The molecule has 0 saturated heterocycles. The van der Waals surface area contributed by atoms with Crippen molar-refractivity contribution in [1.29, 1.82) is 0 Å². The molecule has 4 nitrogen and oxygen atoms in total. The Balaban J connectivity index is 3.58. The molecule has 2 unspecified atom stereocenters. The maximum Gasteiger partial charge on any atom is 0.220 e. The Labute approximate surface area is 274 Å². The van der Waals surface area contributed by atoms with Gasteiger partial charge in [0, 0.05) is 6.42 Å². The summed E-state index contributed by atoms with van der Waals surface area (Å²) in [4.78, 5) is 12.3. The zero-order chi connectivity index (χ0) is 32.2. The second kappa shape index (κ2) is 36.1. The molecule has 0 heterocycles. The third-order valence-electron chi connectivity index (χ3n) is 8.67. The van der Waals surface area contributed by atoms with Crippen LogP contribution < -0.4 is 5.32 Å². The van der Waals surface area contributed by atoms with Gasteiger partial charge in [-0.25, -0.2) is 0 Å². The van der Waals surface area contributed by atoms with Gasteiger partial charge < -0.3 is 15.5 Å². The molecule has 0 saturated carbocycles. The van der Waals surface area contributed by atoms with E-state index in [0.717, 1.165) is 44.9 Å². The van der Waals surface area contributed by atoms with Crippen molar-refractivity contribution < 1.29 is 15.0 Å². The van der Waals surface area contributed by atoms with E-state index < -0.39 is 12.1 Å². The first-order valence-corrected chi connectivity index (χ1v) is 19.2. The number of carbonyl (C=O) groups excluding carboxylic acids is 1. The predicted octanol–water partition coefficient (Wildman–Crippen LogP) is 11.5. The number of allylic oxidation sites excluding steroid dienone is 6. The fraction of sp³-hybridized carbons (Fsp3) is 0.825. The molecule has 0 aliphatic rings. The zero-order valence-electron chi connectivity index (χ0n) is 29.4. The van der Waals surface area contributed by atoms with Crippen molar-refractivity contribution in [3.8, 4) is 0 Å². The minimum Gasteiger partial charge on any atom is -0.394 e. The maximum atomic E-state index is 12.3. The monoisotopic (exact) mass is 618 g/mol. The Kier molecular flexibility index (Phi) is 34.9. The fourth-order valence-electron chi connectivity index (χ4n) is 5.73. The van der Waals surface area contributed by atoms with Crippen LogP contribution in [0, 0.1) is 0 Å². The number of aliphatic hydroxyl groups excluding tert-OH is 2. The highest BCUT2D eigenvalue weighted by Gasteiger charge is 2.19. The average molecular weight is 618 g/mol. The van der Waals surface area contributed by atoms with E-state index in [4.69, 9.17) is 0 Å². The van der Waals surface area contributed by atoms with Crippen molar-refractivity contribution >= 4 is 5.91 Å². The fourth-order valence-corrected chi connectivity index (χ4v) is 5.73. The molecule has 0 aromatic heterocycles. The van der Waals surface area contributed by atoms with Gasteiger partial charge >= 0.3 is 0 Å². The van der Waals surface area contributed by atoms with Crippen molar-refractivity contribution in [2.45, 2.75) is 206 Å². The minimum atomic E-state index is -0.662. The van der Waals surface area contributed by atoms with Crippen LogP contribution in [0.2, 0.25) is 0 Å². The van der Waals surface area contributed by atoms with E-state index in [1.165, 1.54) is 122 Å². The summed E-state index contributed by atoms with van der Waals surface area (Å²) in [7, 11) is 0. The maximum absolute atomic E-state index is 12.3. The lowest BCUT2D eigenvalue weighted by molar-refractivity contribution is -0.123. The van der Waals surface area contributed by atoms with Crippen molar-refractivity contribution in [2.75, 3.05) is 6.61 Å². The molecule has 0 spiro atoms. The first-order chi connectivity index (χ1) is 21.7. The number of hydrogen-bond donors (Lipinski definition) is 3. The number of amides is 1. The normalized spacial score (nSPS) is 13.5. The summed E-state index contributed by atoms with van der Waals surface area (Å²) in [5.41, 5.74) is 0. The molecule has 44 heavy (non-hydrogen) atoms. The van der Waals surface area contributed by atoms with Crippen molar-refractivity contribution in [3.63, 3.8) is 0 Å². The van der Waals surface area contributed by atoms with Crippen LogP contribution >= 0.6 is 0 Å². The van der Waals surface area contributed by atoms with E-state index in [1.54, 1.807) is 0 Å². The molecule has 1 amide bonds. The molecule has 258 valence electrons. The molecule has 0 aromatic rings. The Hall–Kier alpha value is -1.39. The molecule has 0 aliphatic carbocycles.